The van der Waals surface area contributed by atoms with Gasteiger partial charge < -0.3 is 24.8 Å². The first-order chi connectivity index (χ1) is 19.1. The molecule has 2 fully saturated rings. The molecular formula is C27H32N8O4. The largest absolute Gasteiger partial charge is 0.475 e. The van der Waals surface area contributed by atoms with Crippen LogP contribution in [0.4, 0.5) is 16.3 Å². The lowest BCUT2D eigenvalue weighted by Gasteiger charge is -2.13. The van der Waals surface area contributed by atoms with Crippen LogP contribution in [0.2, 0.25) is 0 Å². The topological polar surface area (TPSA) is 141 Å². The number of nitrogens with one attached hydrogen (secondary N) is 3. The Morgan fingerprint density at radius 1 is 1.26 bits per heavy atom. The van der Waals surface area contributed by atoms with Crippen molar-refractivity contribution in [3.05, 3.63) is 54.1 Å². The maximum absolute atomic E-state index is 12.3. The summed E-state index contributed by atoms with van der Waals surface area (Å²) in [5.74, 6) is 1.83. The molecule has 1 aliphatic carbocycles. The van der Waals surface area contributed by atoms with Crippen LogP contribution in [0.25, 0.3) is 11.0 Å². The first-order valence-electron chi connectivity index (χ1n) is 13.3. The number of pyridine rings is 2. The number of H-pyrrole nitrogens is 1. The van der Waals surface area contributed by atoms with Crippen LogP contribution in [-0.4, -0.2) is 62.0 Å². The number of rotatable bonds is 9. The van der Waals surface area contributed by atoms with Crippen molar-refractivity contribution in [3.63, 3.8) is 0 Å². The van der Waals surface area contributed by atoms with Gasteiger partial charge in [-0.15, -0.1) is 5.10 Å². The summed E-state index contributed by atoms with van der Waals surface area (Å²) >= 11 is 0. The molecule has 204 valence electrons. The molecule has 0 aromatic carbocycles. The van der Waals surface area contributed by atoms with Gasteiger partial charge in [-0.25, -0.2) is 9.78 Å². The number of fused-ring (bicyclic) bond motifs is 1. The summed E-state index contributed by atoms with van der Waals surface area (Å²) in [5.41, 5.74) is 4.32. The van der Waals surface area contributed by atoms with Crippen molar-refractivity contribution < 1.29 is 19.0 Å². The molecule has 3 N–H and O–H groups in total. The van der Waals surface area contributed by atoms with Crippen molar-refractivity contribution >= 4 is 28.6 Å². The third kappa shape index (κ3) is 5.80. The molecule has 2 aliphatic rings. The third-order valence-electron chi connectivity index (χ3n) is 7.29. The highest BCUT2D eigenvalue weighted by Gasteiger charge is 2.30. The molecule has 4 aromatic heterocycles. The Balaban J connectivity index is 1.05. The molecule has 0 spiro atoms. The van der Waals surface area contributed by atoms with Crippen LogP contribution in [0.1, 0.15) is 42.9 Å². The fourth-order valence-corrected chi connectivity index (χ4v) is 5.23. The number of aromatic amines is 1. The van der Waals surface area contributed by atoms with Gasteiger partial charge in [0.15, 0.2) is 11.3 Å². The van der Waals surface area contributed by atoms with Gasteiger partial charge in [0.25, 0.3) is 5.88 Å². The number of amides is 1. The number of carbonyl (C=O) groups excluding carboxylic acids is 1. The Kier molecular flexibility index (Phi) is 7.26. The number of hydrogen-bond acceptors (Lipinski definition) is 9. The zero-order valence-electron chi connectivity index (χ0n) is 21.8. The minimum Gasteiger partial charge on any atom is -0.475 e. The van der Waals surface area contributed by atoms with Gasteiger partial charge >= 0.3 is 6.09 Å². The van der Waals surface area contributed by atoms with E-state index in [1.54, 1.807) is 23.3 Å². The van der Waals surface area contributed by atoms with E-state index in [4.69, 9.17) is 14.2 Å². The van der Waals surface area contributed by atoms with E-state index in [0.717, 1.165) is 61.4 Å². The normalized spacial score (nSPS) is 20.8. The van der Waals surface area contributed by atoms with Gasteiger partial charge in [-0.3, -0.25) is 14.8 Å². The Morgan fingerprint density at radius 2 is 2.21 bits per heavy atom. The van der Waals surface area contributed by atoms with Crippen molar-refractivity contribution in [1.29, 1.82) is 0 Å². The average molecular weight is 533 g/mol. The van der Waals surface area contributed by atoms with Gasteiger partial charge in [-0.05, 0) is 43.4 Å². The SMILES string of the molecule is Cn1nc(OCC2CCOC2)c2nccc(Nc3cc(C4CCC(OC(=O)NCc5cccnc5)C4)[nH]n3)c21. The zero-order chi connectivity index (χ0) is 26.6. The average Bonchev–Trinajstić information content (AvgIpc) is 3.76. The molecule has 1 aliphatic heterocycles. The van der Waals surface area contributed by atoms with E-state index in [1.807, 2.05) is 31.3 Å². The van der Waals surface area contributed by atoms with Crippen molar-refractivity contribution in [1.82, 2.24) is 35.3 Å². The first-order valence-corrected chi connectivity index (χ1v) is 13.3. The summed E-state index contributed by atoms with van der Waals surface area (Å²) in [5, 5.41) is 18.4. The second-order valence-electron chi connectivity index (χ2n) is 10.1. The second kappa shape index (κ2) is 11.3. The number of carbonyl (C=O) groups is 1. The fraction of sp³-hybridized carbons (Fsp3) is 0.444. The van der Waals surface area contributed by atoms with Crippen LogP contribution in [0, 0.1) is 5.92 Å². The molecule has 3 unspecified atom stereocenters. The summed E-state index contributed by atoms with van der Waals surface area (Å²) in [4.78, 5) is 20.8. The molecular weight excluding hydrogens is 500 g/mol. The van der Waals surface area contributed by atoms with Crippen molar-refractivity contribution in [3.8, 4) is 5.88 Å². The summed E-state index contributed by atoms with van der Waals surface area (Å²) < 4.78 is 18.9. The van der Waals surface area contributed by atoms with Crippen LogP contribution in [0.5, 0.6) is 5.88 Å². The Labute approximate surface area is 225 Å². The van der Waals surface area contributed by atoms with Crippen LogP contribution in [-0.2, 0) is 23.1 Å². The first kappa shape index (κ1) is 25.1. The minimum absolute atomic E-state index is 0.132. The van der Waals surface area contributed by atoms with Gasteiger partial charge in [0.2, 0.25) is 0 Å². The van der Waals surface area contributed by atoms with Crippen LogP contribution in [0.3, 0.4) is 0 Å². The number of anilines is 2. The van der Waals surface area contributed by atoms with E-state index < -0.39 is 6.09 Å². The Morgan fingerprint density at radius 3 is 3.05 bits per heavy atom. The third-order valence-corrected chi connectivity index (χ3v) is 7.29. The smallest absolute Gasteiger partial charge is 0.407 e. The highest BCUT2D eigenvalue weighted by molar-refractivity contribution is 5.92. The van der Waals surface area contributed by atoms with Crippen LogP contribution < -0.4 is 15.4 Å². The molecule has 1 amide bonds. The Bertz CT molecular complexity index is 1420. The molecule has 39 heavy (non-hydrogen) atoms. The van der Waals surface area contributed by atoms with Gasteiger partial charge in [-0.1, -0.05) is 6.07 Å². The lowest BCUT2D eigenvalue weighted by atomic mass is 10.0. The number of aromatic nitrogens is 6. The van der Waals surface area contributed by atoms with Gasteiger partial charge in [0.05, 0.1) is 18.9 Å². The number of aryl methyl sites for hydroxylation is 1. The number of hydrogen-bond donors (Lipinski definition) is 3. The number of alkyl carbamates (subject to hydrolysis) is 1. The summed E-state index contributed by atoms with van der Waals surface area (Å²) in [6, 6.07) is 7.66. The maximum Gasteiger partial charge on any atom is 0.407 e. The predicted octanol–water partition coefficient (Wildman–Crippen LogP) is 3.81. The van der Waals surface area contributed by atoms with Crippen LogP contribution in [0.15, 0.2) is 42.9 Å². The van der Waals surface area contributed by atoms with E-state index in [9.17, 15) is 4.79 Å². The maximum atomic E-state index is 12.3. The molecule has 1 saturated carbocycles. The Hall–Kier alpha value is -4.19. The standard InChI is InChI=1S/C27H32N8O4/c1-35-25-21(6-9-29-24(25)26(34-35)38-16-18-7-10-37-15-18)31-23-12-22(32-33-23)19-4-5-20(11-19)39-27(36)30-14-17-3-2-8-28-13-17/h2-3,6,8-9,12-13,18-20H,4-5,7,10-11,14-16H2,1H3,(H,30,36)(H2,29,31,32,33). The van der Waals surface area contributed by atoms with Gasteiger partial charge in [0.1, 0.15) is 11.6 Å². The molecule has 5 heterocycles. The van der Waals surface area contributed by atoms with E-state index in [-0.39, 0.29) is 12.0 Å². The molecule has 3 atom stereocenters. The monoisotopic (exact) mass is 532 g/mol. The summed E-state index contributed by atoms with van der Waals surface area (Å²) in [7, 11) is 1.88. The van der Waals surface area contributed by atoms with Crippen molar-refractivity contribution in [2.24, 2.45) is 13.0 Å². The molecule has 1 saturated heterocycles. The van der Waals surface area contributed by atoms with Gasteiger partial charge in [-0.2, -0.15) is 5.10 Å². The number of ether oxygens (including phenoxy) is 3. The van der Waals surface area contributed by atoms with E-state index in [0.29, 0.717) is 36.3 Å². The molecule has 4 aromatic rings. The van der Waals surface area contributed by atoms with E-state index in [1.165, 1.54) is 0 Å². The second-order valence-corrected chi connectivity index (χ2v) is 10.1. The summed E-state index contributed by atoms with van der Waals surface area (Å²) in [6.45, 7) is 2.46. The zero-order valence-corrected chi connectivity index (χ0v) is 21.8. The highest BCUT2D eigenvalue weighted by atomic mass is 16.6. The lowest BCUT2D eigenvalue weighted by molar-refractivity contribution is 0.0996. The minimum atomic E-state index is -0.408. The van der Waals surface area contributed by atoms with Gasteiger partial charge in [0, 0.05) is 62.4 Å². The van der Waals surface area contributed by atoms with Crippen LogP contribution >= 0.6 is 0 Å². The van der Waals surface area contributed by atoms with Crippen molar-refractivity contribution in [2.45, 2.75) is 44.2 Å². The molecule has 6 rings (SSSR count). The fourth-order valence-electron chi connectivity index (χ4n) is 5.23. The van der Waals surface area contributed by atoms with E-state index >= 15 is 0 Å². The quantitative estimate of drug-likeness (QED) is 0.293. The summed E-state index contributed by atoms with van der Waals surface area (Å²) in [6.07, 6.45) is 8.09. The highest BCUT2D eigenvalue weighted by Crippen LogP contribution is 2.37. The predicted molar refractivity (Wildman–Crippen MR) is 143 cm³/mol. The van der Waals surface area contributed by atoms with E-state index in [2.05, 4.69) is 35.9 Å². The molecule has 12 nitrogen and oxygen atoms in total. The number of nitrogens with zero attached hydrogens (tertiary/aromatic N) is 5. The molecule has 0 bridgehead atoms. The molecule has 0 radical (unpaired) electrons. The van der Waals surface area contributed by atoms with Crippen molar-refractivity contribution in [2.75, 3.05) is 25.1 Å². The molecule has 12 heteroatoms. The lowest BCUT2D eigenvalue weighted by Crippen LogP contribution is -2.27.